The van der Waals surface area contributed by atoms with Crippen LogP contribution in [0.3, 0.4) is 0 Å². The lowest BCUT2D eigenvalue weighted by molar-refractivity contribution is 0.436. The quantitative estimate of drug-likeness (QED) is 0.797. The van der Waals surface area contributed by atoms with Crippen LogP contribution in [0.1, 0.15) is 32.3 Å². The van der Waals surface area contributed by atoms with Gasteiger partial charge in [-0.25, -0.2) is 4.39 Å². The lowest BCUT2D eigenvalue weighted by Crippen LogP contribution is -2.24. The van der Waals surface area contributed by atoms with Gasteiger partial charge in [-0.3, -0.25) is 0 Å². The summed E-state index contributed by atoms with van der Waals surface area (Å²) in [6.45, 7) is 6.22. The Hall–Kier alpha value is -0.410. The van der Waals surface area contributed by atoms with E-state index in [-0.39, 0.29) is 5.82 Å². The van der Waals surface area contributed by atoms with Crippen molar-refractivity contribution in [2.45, 2.75) is 33.1 Å². The molecular formula is C14H21BrFN. The molecule has 1 atom stereocenters. The van der Waals surface area contributed by atoms with Crippen molar-refractivity contribution in [2.75, 3.05) is 13.1 Å². The van der Waals surface area contributed by atoms with Crippen LogP contribution in [0.4, 0.5) is 4.39 Å². The van der Waals surface area contributed by atoms with E-state index in [1.54, 1.807) is 6.07 Å². The second kappa shape index (κ2) is 7.83. The first-order valence-corrected chi connectivity index (χ1v) is 7.11. The first-order valence-electron chi connectivity index (χ1n) is 6.32. The Morgan fingerprint density at radius 2 is 2.12 bits per heavy atom. The summed E-state index contributed by atoms with van der Waals surface area (Å²) in [5.74, 6) is 0.426. The molecule has 0 saturated heterocycles. The molecule has 1 aromatic rings. The van der Waals surface area contributed by atoms with Crippen molar-refractivity contribution in [3.8, 4) is 0 Å². The molecule has 0 spiro atoms. The Morgan fingerprint density at radius 1 is 1.35 bits per heavy atom. The third kappa shape index (κ3) is 5.17. The summed E-state index contributed by atoms with van der Waals surface area (Å²) >= 11 is 3.40. The van der Waals surface area contributed by atoms with Gasteiger partial charge in [-0.2, -0.15) is 0 Å². The summed E-state index contributed by atoms with van der Waals surface area (Å²) in [5, 5.41) is 3.35. The second-order valence-electron chi connectivity index (χ2n) is 4.40. The van der Waals surface area contributed by atoms with Gasteiger partial charge in [-0.1, -0.05) is 36.2 Å². The Labute approximate surface area is 112 Å². The maximum atomic E-state index is 13.7. The Kier molecular flexibility index (Phi) is 6.75. The van der Waals surface area contributed by atoms with Gasteiger partial charge in [-0.15, -0.1) is 0 Å². The molecule has 0 aliphatic heterocycles. The summed E-state index contributed by atoms with van der Waals surface area (Å²) in [6, 6.07) is 5.18. The van der Waals surface area contributed by atoms with Crippen molar-refractivity contribution in [1.82, 2.24) is 5.32 Å². The van der Waals surface area contributed by atoms with Crippen LogP contribution >= 0.6 is 15.9 Å². The van der Waals surface area contributed by atoms with Gasteiger partial charge in [0.05, 0.1) is 0 Å². The molecule has 3 heteroatoms. The van der Waals surface area contributed by atoms with Crippen molar-refractivity contribution in [3.05, 3.63) is 34.1 Å². The molecule has 1 N–H and O–H groups in total. The van der Waals surface area contributed by atoms with E-state index < -0.39 is 0 Å². The minimum absolute atomic E-state index is 0.0919. The Morgan fingerprint density at radius 3 is 2.76 bits per heavy atom. The van der Waals surface area contributed by atoms with Gasteiger partial charge in [0.25, 0.3) is 0 Å². The van der Waals surface area contributed by atoms with E-state index in [0.29, 0.717) is 5.92 Å². The highest BCUT2D eigenvalue weighted by atomic mass is 79.9. The van der Waals surface area contributed by atoms with Crippen LogP contribution in [0.25, 0.3) is 0 Å². The molecule has 0 aromatic heterocycles. The maximum Gasteiger partial charge on any atom is 0.126 e. The van der Waals surface area contributed by atoms with Crippen molar-refractivity contribution < 1.29 is 4.39 Å². The molecular weight excluding hydrogens is 281 g/mol. The van der Waals surface area contributed by atoms with Gasteiger partial charge >= 0.3 is 0 Å². The first kappa shape index (κ1) is 14.7. The van der Waals surface area contributed by atoms with Crippen LogP contribution < -0.4 is 5.32 Å². The highest BCUT2D eigenvalue weighted by Crippen LogP contribution is 2.20. The minimum Gasteiger partial charge on any atom is -0.317 e. The topological polar surface area (TPSA) is 12.0 Å². The molecule has 0 fully saturated rings. The number of halogens is 2. The first-order chi connectivity index (χ1) is 8.17. The number of hydrogen-bond acceptors (Lipinski definition) is 1. The molecule has 0 radical (unpaired) electrons. The van der Waals surface area contributed by atoms with E-state index in [0.717, 1.165) is 42.4 Å². The highest BCUT2D eigenvalue weighted by molar-refractivity contribution is 9.10. The Bertz CT molecular complexity index is 341. The zero-order chi connectivity index (χ0) is 12.7. The van der Waals surface area contributed by atoms with E-state index in [4.69, 9.17) is 0 Å². The van der Waals surface area contributed by atoms with Crippen molar-refractivity contribution in [1.29, 1.82) is 0 Å². The number of nitrogens with one attached hydrogen (secondary N) is 1. The van der Waals surface area contributed by atoms with E-state index in [2.05, 4.69) is 35.1 Å². The fourth-order valence-corrected chi connectivity index (χ4v) is 2.45. The fraction of sp³-hybridized carbons (Fsp3) is 0.571. The van der Waals surface area contributed by atoms with Gasteiger partial charge in [0.15, 0.2) is 0 Å². The lowest BCUT2D eigenvalue weighted by atomic mass is 9.94. The fourth-order valence-electron chi connectivity index (χ4n) is 2.04. The third-order valence-electron chi connectivity index (χ3n) is 2.90. The minimum atomic E-state index is -0.0919. The molecule has 0 bridgehead atoms. The molecule has 1 rings (SSSR count). The average molecular weight is 302 g/mol. The molecule has 0 saturated carbocycles. The van der Waals surface area contributed by atoms with E-state index in [1.807, 2.05) is 6.07 Å². The van der Waals surface area contributed by atoms with Crippen molar-refractivity contribution in [2.24, 2.45) is 5.92 Å². The normalized spacial score (nSPS) is 12.7. The van der Waals surface area contributed by atoms with E-state index in [9.17, 15) is 4.39 Å². The zero-order valence-electron chi connectivity index (χ0n) is 10.6. The average Bonchev–Trinajstić information content (AvgIpc) is 2.31. The van der Waals surface area contributed by atoms with Crippen LogP contribution in [0.2, 0.25) is 0 Å². The molecule has 96 valence electrons. The van der Waals surface area contributed by atoms with Gasteiger partial charge in [0, 0.05) is 4.47 Å². The largest absolute Gasteiger partial charge is 0.317 e. The summed E-state index contributed by atoms with van der Waals surface area (Å²) in [6.07, 6.45) is 3.09. The summed E-state index contributed by atoms with van der Waals surface area (Å²) in [4.78, 5) is 0. The summed E-state index contributed by atoms with van der Waals surface area (Å²) in [7, 11) is 0. The number of hydrogen-bond donors (Lipinski definition) is 1. The molecule has 1 unspecified atom stereocenters. The van der Waals surface area contributed by atoms with Gasteiger partial charge < -0.3 is 5.32 Å². The lowest BCUT2D eigenvalue weighted by Gasteiger charge is -2.17. The molecule has 1 aromatic carbocycles. The summed E-state index contributed by atoms with van der Waals surface area (Å²) in [5.41, 5.74) is 0.815. The smallest absolute Gasteiger partial charge is 0.126 e. The van der Waals surface area contributed by atoms with Crippen LogP contribution in [0.15, 0.2) is 22.7 Å². The number of benzene rings is 1. The standard InChI is InChI=1S/C14H21BrFN/c1-3-5-11(10-17-4-2)8-12-9-13(15)6-7-14(12)16/h6-7,9,11,17H,3-5,8,10H2,1-2H3. The highest BCUT2D eigenvalue weighted by Gasteiger charge is 2.11. The molecule has 0 heterocycles. The molecule has 17 heavy (non-hydrogen) atoms. The molecule has 0 amide bonds. The van der Waals surface area contributed by atoms with Gasteiger partial charge in [-0.05, 0) is 55.6 Å². The monoisotopic (exact) mass is 301 g/mol. The van der Waals surface area contributed by atoms with Gasteiger partial charge in [0.2, 0.25) is 0 Å². The third-order valence-corrected chi connectivity index (χ3v) is 3.39. The van der Waals surface area contributed by atoms with E-state index >= 15 is 0 Å². The predicted octanol–water partition coefficient (Wildman–Crippen LogP) is 4.16. The predicted molar refractivity (Wildman–Crippen MR) is 74.7 cm³/mol. The van der Waals surface area contributed by atoms with Crippen LogP contribution in [0.5, 0.6) is 0 Å². The Balaban J connectivity index is 2.67. The van der Waals surface area contributed by atoms with Crippen LogP contribution in [-0.2, 0) is 6.42 Å². The van der Waals surface area contributed by atoms with Crippen LogP contribution in [-0.4, -0.2) is 13.1 Å². The van der Waals surface area contributed by atoms with Crippen molar-refractivity contribution in [3.63, 3.8) is 0 Å². The molecule has 1 nitrogen and oxygen atoms in total. The summed E-state index contributed by atoms with van der Waals surface area (Å²) < 4.78 is 14.6. The van der Waals surface area contributed by atoms with Crippen LogP contribution in [0, 0.1) is 11.7 Å². The maximum absolute atomic E-state index is 13.7. The zero-order valence-corrected chi connectivity index (χ0v) is 12.2. The number of rotatable bonds is 7. The molecule has 0 aliphatic carbocycles. The SMILES string of the molecule is CCCC(CNCC)Cc1cc(Br)ccc1F. The van der Waals surface area contributed by atoms with E-state index in [1.165, 1.54) is 6.07 Å². The van der Waals surface area contributed by atoms with Gasteiger partial charge in [0.1, 0.15) is 5.82 Å². The van der Waals surface area contributed by atoms with Crippen molar-refractivity contribution >= 4 is 15.9 Å². The molecule has 0 aliphatic rings. The second-order valence-corrected chi connectivity index (χ2v) is 5.32.